The van der Waals surface area contributed by atoms with Gasteiger partial charge in [-0.2, -0.15) is 9.59 Å². The molecule has 3 atom stereocenters. The SMILES string of the molecule is CC.CN=c1cnc2[nH]ccc2n1C(C(C)C)[C@H]1CCCC(NC)C1.O=C=O.[HH].[HH]. The zero-order valence-electron chi connectivity index (χ0n) is 18.0. The molecule has 2 aromatic heterocycles. The van der Waals surface area contributed by atoms with Gasteiger partial charge < -0.3 is 14.9 Å². The molecule has 2 unspecified atom stereocenters. The van der Waals surface area contributed by atoms with Crippen molar-refractivity contribution in [1.82, 2.24) is 19.9 Å². The second-order valence-electron chi connectivity index (χ2n) is 7.15. The number of aromatic nitrogens is 3. The molecule has 1 fully saturated rings. The highest BCUT2D eigenvalue weighted by Gasteiger charge is 2.32. The summed E-state index contributed by atoms with van der Waals surface area (Å²) in [6.45, 7) is 8.66. The van der Waals surface area contributed by atoms with Crippen LogP contribution in [0.2, 0.25) is 0 Å². The standard InChI is InChI=1S/C18H29N5.C2H6.CO2.2H2/c1-12(2)17(13-6-5-7-14(10-13)19-3)23-15-8-9-21-18(15)22-11-16(23)20-4;1-2;2-1-3;;/h8-9,11-14,17,19,21H,5-7,10H2,1-4H3;1-2H3;;2*1H/t13-,14?,17?;;;;/m0..../s1. The topological polar surface area (TPSA) is 92.1 Å². The highest BCUT2D eigenvalue weighted by atomic mass is 16.2. The van der Waals surface area contributed by atoms with Gasteiger partial charge in [0.1, 0.15) is 5.49 Å². The number of carbonyl (C=O) groups excluding carboxylic acids is 2. The van der Waals surface area contributed by atoms with E-state index in [1.807, 2.05) is 33.3 Å². The van der Waals surface area contributed by atoms with Gasteiger partial charge in [0, 0.05) is 28.2 Å². The molecule has 0 radical (unpaired) electrons. The average molecular weight is 394 g/mol. The Kier molecular flexibility index (Phi) is 10.4. The summed E-state index contributed by atoms with van der Waals surface area (Å²) in [6.07, 6.45) is 9.26. The number of nitrogens with zero attached hydrogens (tertiary/aromatic N) is 3. The molecule has 28 heavy (non-hydrogen) atoms. The molecule has 2 N–H and O–H groups in total. The Morgan fingerprint density at radius 1 is 1.36 bits per heavy atom. The largest absolute Gasteiger partial charge is 0.373 e. The van der Waals surface area contributed by atoms with E-state index in [1.54, 1.807) is 0 Å². The van der Waals surface area contributed by atoms with Crippen LogP contribution in [0.25, 0.3) is 11.2 Å². The van der Waals surface area contributed by atoms with Crippen molar-refractivity contribution in [3.05, 3.63) is 23.9 Å². The molecule has 2 aromatic rings. The minimum atomic E-state index is 0. The quantitative estimate of drug-likeness (QED) is 0.826. The van der Waals surface area contributed by atoms with E-state index in [9.17, 15) is 0 Å². The summed E-state index contributed by atoms with van der Waals surface area (Å²) in [6, 6.07) is 3.22. The summed E-state index contributed by atoms with van der Waals surface area (Å²) in [4.78, 5) is 28.5. The molecule has 3 rings (SSSR count). The van der Waals surface area contributed by atoms with Gasteiger partial charge in [0.25, 0.3) is 0 Å². The molecule has 7 heteroatoms. The van der Waals surface area contributed by atoms with E-state index >= 15 is 0 Å². The molecule has 2 heterocycles. The van der Waals surface area contributed by atoms with Gasteiger partial charge in [0.2, 0.25) is 0 Å². The molecule has 0 saturated heterocycles. The van der Waals surface area contributed by atoms with Gasteiger partial charge in [0.15, 0.2) is 5.65 Å². The van der Waals surface area contributed by atoms with E-state index in [0.29, 0.717) is 23.9 Å². The van der Waals surface area contributed by atoms with Crippen LogP contribution in [0.5, 0.6) is 0 Å². The third-order valence-electron chi connectivity index (χ3n) is 5.34. The summed E-state index contributed by atoms with van der Waals surface area (Å²) >= 11 is 0. The lowest BCUT2D eigenvalue weighted by Gasteiger charge is -2.38. The zero-order valence-corrected chi connectivity index (χ0v) is 18.0. The lowest BCUT2D eigenvalue weighted by atomic mass is 9.77. The molecule has 7 nitrogen and oxygen atoms in total. The number of rotatable bonds is 4. The number of aromatic amines is 1. The van der Waals surface area contributed by atoms with Crippen LogP contribution in [0.1, 0.15) is 62.3 Å². The fourth-order valence-electron chi connectivity index (χ4n) is 4.29. The smallest absolute Gasteiger partial charge is 0.345 e. The minimum Gasteiger partial charge on any atom is -0.345 e. The number of H-pyrrole nitrogens is 1. The van der Waals surface area contributed by atoms with Crippen molar-refractivity contribution >= 4 is 17.3 Å². The van der Waals surface area contributed by atoms with E-state index in [1.165, 1.54) is 31.2 Å². The van der Waals surface area contributed by atoms with Crippen LogP contribution in [0, 0.1) is 11.8 Å². The van der Waals surface area contributed by atoms with Crippen molar-refractivity contribution in [2.24, 2.45) is 16.8 Å². The van der Waals surface area contributed by atoms with Crippen molar-refractivity contribution in [3.8, 4) is 0 Å². The fraction of sp³-hybridized carbons (Fsp3) is 0.667. The molecule has 0 amide bonds. The number of hydrogen-bond acceptors (Lipinski definition) is 5. The molecular formula is C21H39N5O2. The predicted octanol–water partition coefficient (Wildman–Crippen LogP) is 3.80. The van der Waals surface area contributed by atoms with Crippen molar-refractivity contribution in [2.45, 2.75) is 65.5 Å². The van der Waals surface area contributed by atoms with E-state index in [2.05, 4.69) is 51.8 Å². The van der Waals surface area contributed by atoms with Crippen LogP contribution < -0.4 is 10.8 Å². The highest BCUT2D eigenvalue weighted by Crippen LogP contribution is 2.37. The van der Waals surface area contributed by atoms with Gasteiger partial charge in [-0.1, -0.05) is 34.1 Å². The fourth-order valence-corrected chi connectivity index (χ4v) is 4.29. The Balaban J connectivity index is 0. The first-order valence-electron chi connectivity index (χ1n) is 10.2. The van der Waals surface area contributed by atoms with E-state index in [-0.39, 0.29) is 9.00 Å². The Hall–Kier alpha value is -2.24. The van der Waals surface area contributed by atoms with E-state index < -0.39 is 0 Å². The maximum Gasteiger partial charge on any atom is 0.373 e. The lowest BCUT2D eigenvalue weighted by Crippen LogP contribution is -2.39. The summed E-state index contributed by atoms with van der Waals surface area (Å²) in [5.74, 6) is 1.23. The second kappa shape index (κ2) is 12.3. The predicted molar refractivity (Wildman–Crippen MR) is 115 cm³/mol. The molecule has 160 valence electrons. The molecule has 0 spiro atoms. The van der Waals surface area contributed by atoms with Gasteiger partial charge in [-0.3, -0.25) is 4.99 Å². The van der Waals surface area contributed by atoms with E-state index in [0.717, 1.165) is 11.1 Å². The molecule has 1 aliphatic rings. The number of hydrogen-bond donors (Lipinski definition) is 2. The van der Waals surface area contributed by atoms with Gasteiger partial charge in [0.05, 0.1) is 11.7 Å². The first-order chi connectivity index (χ1) is 13.6. The maximum atomic E-state index is 8.12. The van der Waals surface area contributed by atoms with Crippen LogP contribution in [0.4, 0.5) is 0 Å². The summed E-state index contributed by atoms with van der Waals surface area (Å²) < 4.78 is 2.42. The van der Waals surface area contributed by atoms with Crippen LogP contribution in [-0.4, -0.2) is 40.8 Å². The molecular weight excluding hydrogens is 354 g/mol. The van der Waals surface area contributed by atoms with Crippen molar-refractivity contribution in [1.29, 1.82) is 0 Å². The Morgan fingerprint density at radius 3 is 2.61 bits per heavy atom. The lowest BCUT2D eigenvalue weighted by molar-refractivity contribution is -0.191. The Morgan fingerprint density at radius 2 is 2.04 bits per heavy atom. The first kappa shape index (κ1) is 23.8. The number of fused-ring (bicyclic) bond motifs is 1. The van der Waals surface area contributed by atoms with Gasteiger partial charge in [-0.15, -0.1) is 0 Å². The molecule has 1 saturated carbocycles. The second-order valence-corrected chi connectivity index (χ2v) is 7.15. The molecule has 0 aliphatic heterocycles. The molecule has 0 bridgehead atoms. The maximum absolute atomic E-state index is 8.12. The van der Waals surface area contributed by atoms with Crippen molar-refractivity contribution in [3.63, 3.8) is 0 Å². The third-order valence-corrected chi connectivity index (χ3v) is 5.34. The summed E-state index contributed by atoms with van der Waals surface area (Å²) in [5.41, 5.74) is 3.09. The van der Waals surface area contributed by atoms with Gasteiger partial charge in [-0.25, -0.2) is 4.98 Å². The normalized spacial score (nSPS) is 20.6. The van der Waals surface area contributed by atoms with Gasteiger partial charge >= 0.3 is 6.15 Å². The molecule has 1 aliphatic carbocycles. The zero-order chi connectivity index (χ0) is 21.1. The van der Waals surface area contributed by atoms with E-state index in [4.69, 9.17) is 9.59 Å². The minimum absolute atomic E-state index is 0. The first-order valence-corrected chi connectivity index (χ1v) is 10.2. The third kappa shape index (κ3) is 5.63. The van der Waals surface area contributed by atoms with Crippen LogP contribution in [0.3, 0.4) is 0 Å². The van der Waals surface area contributed by atoms with Crippen LogP contribution >= 0.6 is 0 Å². The average Bonchev–Trinajstić information content (AvgIpc) is 3.19. The Labute approximate surface area is 170 Å². The molecule has 0 aromatic carbocycles. The Bertz CT molecular complexity index is 813. The van der Waals surface area contributed by atoms with Crippen LogP contribution in [0.15, 0.2) is 23.5 Å². The summed E-state index contributed by atoms with van der Waals surface area (Å²) in [7, 11) is 3.95. The van der Waals surface area contributed by atoms with Crippen molar-refractivity contribution < 1.29 is 12.4 Å². The monoisotopic (exact) mass is 393 g/mol. The summed E-state index contributed by atoms with van der Waals surface area (Å²) in [5, 5.41) is 3.49. The van der Waals surface area contributed by atoms with Crippen LogP contribution in [-0.2, 0) is 9.59 Å². The number of nitrogens with one attached hydrogen (secondary N) is 2. The van der Waals surface area contributed by atoms with Gasteiger partial charge in [-0.05, 0) is 44.2 Å². The van der Waals surface area contributed by atoms with Crippen molar-refractivity contribution in [2.75, 3.05) is 14.1 Å². The highest BCUT2D eigenvalue weighted by molar-refractivity contribution is 5.70.